The predicted octanol–water partition coefficient (Wildman–Crippen LogP) is 2.47. The van der Waals surface area contributed by atoms with Gasteiger partial charge in [-0.25, -0.2) is 0 Å². The van der Waals surface area contributed by atoms with Crippen LogP contribution in [-0.2, 0) is 6.42 Å². The van der Waals surface area contributed by atoms with Gasteiger partial charge in [0.15, 0.2) is 0 Å². The Morgan fingerprint density at radius 3 is 2.92 bits per heavy atom. The van der Waals surface area contributed by atoms with Crippen LogP contribution in [-0.4, -0.2) is 16.7 Å². The van der Waals surface area contributed by atoms with E-state index < -0.39 is 0 Å². The van der Waals surface area contributed by atoms with Gasteiger partial charge in [0.25, 0.3) is 0 Å². The lowest BCUT2D eigenvalue weighted by atomic mass is 10.2. The van der Waals surface area contributed by atoms with E-state index in [9.17, 15) is 0 Å². The molecule has 0 bridgehead atoms. The molecule has 0 aliphatic carbocycles. The lowest BCUT2D eigenvalue weighted by Crippen LogP contribution is -1.88. The van der Waals surface area contributed by atoms with E-state index in [0.29, 0.717) is 6.42 Å². The van der Waals surface area contributed by atoms with Crippen LogP contribution in [0.25, 0.3) is 10.9 Å². The average molecular weight is 240 g/mol. The Kier molecular flexibility index (Phi) is 2.38. The van der Waals surface area contributed by atoms with Crippen LogP contribution in [0, 0.1) is 0 Å². The van der Waals surface area contributed by atoms with Crippen molar-refractivity contribution in [3.63, 3.8) is 0 Å². The third-order valence-corrected chi connectivity index (χ3v) is 2.74. The molecule has 1 aromatic carbocycles. The first-order valence-corrected chi connectivity index (χ1v) is 4.97. The number of fused-ring (bicyclic) bond motifs is 1. The molecule has 2 nitrogen and oxygen atoms in total. The molecular formula is C10H10BrNO. The Balaban J connectivity index is 2.55. The zero-order chi connectivity index (χ0) is 9.26. The van der Waals surface area contributed by atoms with E-state index in [1.54, 1.807) is 0 Å². The van der Waals surface area contributed by atoms with Crippen LogP contribution in [0.3, 0.4) is 0 Å². The molecule has 0 aliphatic rings. The summed E-state index contributed by atoms with van der Waals surface area (Å²) in [4.78, 5) is 3.25. The van der Waals surface area contributed by atoms with Crippen LogP contribution in [0.5, 0.6) is 0 Å². The van der Waals surface area contributed by atoms with Crippen molar-refractivity contribution in [2.75, 3.05) is 6.61 Å². The average Bonchev–Trinajstić information content (AvgIpc) is 2.49. The highest BCUT2D eigenvalue weighted by Gasteiger charge is 2.02. The SMILES string of the molecule is OCCc1cc2c(Br)cccc2[nH]1. The van der Waals surface area contributed by atoms with Gasteiger partial charge in [-0.05, 0) is 18.2 Å². The minimum Gasteiger partial charge on any atom is -0.396 e. The van der Waals surface area contributed by atoms with E-state index in [2.05, 4.69) is 27.0 Å². The highest BCUT2D eigenvalue weighted by molar-refractivity contribution is 9.10. The Hall–Kier alpha value is -0.800. The zero-order valence-electron chi connectivity index (χ0n) is 7.05. The van der Waals surface area contributed by atoms with Crippen LogP contribution < -0.4 is 0 Å². The van der Waals surface area contributed by atoms with E-state index in [1.807, 2.05) is 18.2 Å². The summed E-state index contributed by atoms with van der Waals surface area (Å²) >= 11 is 3.48. The van der Waals surface area contributed by atoms with Crippen molar-refractivity contribution in [2.24, 2.45) is 0 Å². The molecule has 0 fully saturated rings. The second kappa shape index (κ2) is 3.52. The lowest BCUT2D eigenvalue weighted by Gasteiger charge is -1.90. The monoisotopic (exact) mass is 239 g/mol. The summed E-state index contributed by atoms with van der Waals surface area (Å²) in [6.07, 6.45) is 0.682. The van der Waals surface area contributed by atoms with Gasteiger partial charge in [0.1, 0.15) is 0 Å². The summed E-state index contributed by atoms with van der Waals surface area (Å²) in [6, 6.07) is 8.10. The van der Waals surface area contributed by atoms with Gasteiger partial charge in [-0.1, -0.05) is 22.0 Å². The fraction of sp³-hybridized carbons (Fsp3) is 0.200. The van der Waals surface area contributed by atoms with E-state index >= 15 is 0 Å². The maximum Gasteiger partial charge on any atom is 0.0485 e. The molecule has 2 rings (SSSR count). The molecule has 0 amide bonds. The lowest BCUT2D eigenvalue weighted by molar-refractivity contribution is 0.298. The number of aromatic nitrogens is 1. The van der Waals surface area contributed by atoms with Gasteiger partial charge < -0.3 is 10.1 Å². The second-order valence-corrected chi connectivity index (χ2v) is 3.82. The van der Waals surface area contributed by atoms with Crippen molar-refractivity contribution < 1.29 is 5.11 Å². The van der Waals surface area contributed by atoms with Gasteiger partial charge in [0, 0.05) is 34.1 Å². The molecule has 1 heterocycles. The summed E-state index contributed by atoms with van der Waals surface area (Å²) in [5.41, 5.74) is 2.18. The third kappa shape index (κ3) is 1.62. The largest absolute Gasteiger partial charge is 0.396 e. The molecule has 68 valence electrons. The molecule has 0 spiro atoms. The fourth-order valence-electron chi connectivity index (χ4n) is 1.43. The Morgan fingerprint density at radius 1 is 1.38 bits per heavy atom. The first-order valence-electron chi connectivity index (χ1n) is 4.18. The minimum absolute atomic E-state index is 0.185. The number of aromatic amines is 1. The van der Waals surface area contributed by atoms with E-state index in [0.717, 1.165) is 15.7 Å². The number of benzene rings is 1. The molecule has 0 radical (unpaired) electrons. The van der Waals surface area contributed by atoms with Crippen molar-refractivity contribution >= 4 is 26.8 Å². The van der Waals surface area contributed by atoms with Gasteiger partial charge in [0.05, 0.1) is 0 Å². The van der Waals surface area contributed by atoms with Crippen molar-refractivity contribution in [3.05, 3.63) is 34.4 Å². The zero-order valence-corrected chi connectivity index (χ0v) is 8.63. The van der Waals surface area contributed by atoms with Crippen LogP contribution >= 0.6 is 15.9 Å². The van der Waals surface area contributed by atoms with Crippen molar-refractivity contribution in [3.8, 4) is 0 Å². The molecule has 2 N–H and O–H groups in total. The first-order chi connectivity index (χ1) is 6.31. The minimum atomic E-state index is 0.185. The molecule has 0 atom stereocenters. The molecule has 0 aliphatic heterocycles. The van der Waals surface area contributed by atoms with Crippen molar-refractivity contribution in [1.82, 2.24) is 4.98 Å². The fourth-order valence-corrected chi connectivity index (χ4v) is 1.91. The Labute approximate surface area is 84.7 Å². The van der Waals surface area contributed by atoms with Crippen LogP contribution in [0.1, 0.15) is 5.69 Å². The highest BCUT2D eigenvalue weighted by Crippen LogP contribution is 2.24. The quantitative estimate of drug-likeness (QED) is 0.831. The summed E-state index contributed by atoms with van der Waals surface area (Å²) in [5, 5.41) is 9.95. The second-order valence-electron chi connectivity index (χ2n) is 2.97. The van der Waals surface area contributed by atoms with Gasteiger partial charge >= 0.3 is 0 Å². The smallest absolute Gasteiger partial charge is 0.0485 e. The number of H-pyrrole nitrogens is 1. The first kappa shape index (κ1) is 8.78. The normalized spacial score (nSPS) is 10.9. The van der Waals surface area contributed by atoms with Crippen LogP contribution in [0.15, 0.2) is 28.7 Å². The van der Waals surface area contributed by atoms with Crippen molar-refractivity contribution in [1.29, 1.82) is 0 Å². The maximum absolute atomic E-state index is 8.78. The van der Waals surface area contributed by atoms with Crippen molar-refractivity contribution in [2.45, 2.75) is 6.42 Å². The molecule has 0 unspecified atom stereocenters. The summed E-state index contributed by atoms with van der Waals surface area (Å²) in [5.74, 6) is 0. The van der Waals surface area contributed by atoms with Gasteiger partial charge in [-0.15, -0.1) is 0 Å². The molecular weight excluding hydrogens is 230 g/mol. The summed E-state index contributed by atoms with van der Waals surface area (Å²) in [7, 11) is 0. The Bertz CT molecular complexity index is 422. The molecule has 3 heteroatoms. The topological polar surface area (TPSA) is 36.0 Å². The molecule has 1 aromatic heterocycles. The van der Waals surface area contributed by atoms with E-state index in [-0.39, 0.29) is 6.61 Å². The predicted molar refractivity (Wildman–Crippen MR) is 56.8 cm³/mol. The highest BCUT2D eigenvalue weighted by atomic mass is 79.9. The number of rotatable bonds is 2. The number of aliphatic hydroxyl groups is 1. The number of aliphatic hydroxyl groups excluding tert-OH is 1. The van der Waals surface area contributed by atoms with E-state index in [1.165, 1.54) is 5.39 Å². The van der Waals surface area contributed by atoms with Crippen LogP contribution in [0.2, 0.25) is 0 Å². The van der Waals surface area contributed by atoms with E-state index in [4.69, 9.17) is 5.11 Å². The number of nitrogens with one attached hydrogen (secondary N) is 1. The number of hydrogen-bond donors (Lipinski definition) is 2. The Morgan fingerprint density at radius 2 is 2.23 bits per heavy atom. The third-order valence-electron chi connectivity index (χ3n) is 2.05. The standard InChI is InChI=1S/C10H10BrNO/c11-9-2-1-3-10-8(9)6-7(12-10)4-5-13/h1-3,6,12-13H,4-5H2. The molecule has 0 saturated heterocycles. The van der Waals surface area contributed by atoms with Crippen LogP contribution in [0.4, 0.5) is 0 Å². The summed E-state index contributed by atoms with van der Waals surface area (Å²) < 4.78 is 1.09. The van der Waals surface area contributed by atoms with Gasteiger partial charge in [-0.3, -0.25) is 0 Å². The molecule has 0 saturated carbocycles. The summed E-state index contributed by atoms with van der Waals surface area (Å²) in [6.45, 7) is 0.185. The van der Waals surface area contributed by atoms with Gasteiger partial charge in [-0.2, -0.15) is 0 Å². The molecule has 13 heavy (non-hydrogen) atoms. The van der Waals surface area contributed by atoms with Gasteiger partial charge in [0.2, 0.25) is 0 Å². The molecule has 2 aromatic rings. The maximum atomic E-state index is 8.78. The number of hydrogen-bond acceptors (Lipinski definition) is 1. The number of halogens is 1.